The third kappa shape index (κ3) is 2.91. The maximum Gasteiger partial charge on any atom is 0.272 e. The molecule has 0 aliphatic carbocycles. The Morgan fingerprint density at radius 2 is 2.08 bits per heavy atom. The lowest BCUT2D eigenvalue weighted by Crippen LogP contribution is -2.39. The van der Waals surface area contributed by atoms with Crippen molar-refractivity contribution in [2.75, 3.05) is 13.1 Å². The Morgan fingerprint density at radius 3 is 2.77 bits per heavy atom. The fourth-order valence-corrected chi connectivity index (χ4v) is 3.68. The number of nitrogens with one attached hydrogen (secondary N) is 2. The lowest BCUT2D eigenvalue weighted by molar-refractivity contribution is -0.131. The van der Waals surface area contributed by atoms with Gasteiger partial charge in [0.05, 0.1) is 17.8 Å². The van der Waals surface area contributed by atoms with E-state index < -0.39 is 0 Å². The molecule has 1 amide bonds. The lowest BCUT2D eigenvalue weighted by Gasteiger charge is -2.31. The van der Waals surface area contributed by atoms with Crippen LogP contribution in [0.5, 0.6) is 0 Å². The highest BCUT2D eigenvalue weighted by molar-refractivity contribution is 5.79. The Morgan fingerprint density at radius 1 is 1.31 bits per heavy atom. The monoisotopic (exact) mass is 354 g/mol. The number of piperidine rings is 1. The van der Waals surface area contributed by atoms with E-state index in [1.807, 2.05) is 18.7 Å². The molecule has 4 rings (SSSR count). The molecule has 1 aliphatic rings. The van der Waals surface area contributed by atoms with Crippen molar-refractivity contribution in [2.45, 2.75) is 39.0 Å². The highest BCUT2D eigenvalue weighted by Gasteiger charge is 2.26. The number of aryl methyl sites for hydroxylation is 2. The van der Waals surface area contributed by atoms with Crippen LogP contribution in [0, 0.1) is 13.8 Å². The molecule has 3 aromatic heterocycles. The van der Waals surface area contributed by atoms with Gasteiger partial charge in [-0.05, 0) is 26.7 Å². The van der Waals surface area contributed by atoms with Crippen molar-refractivity contribution in [1.82, 2.24) is 29.7 Å². The molecule has 1 aliphatic heterocycles. The van der Waals surface area contributed by atoms with Gasteiger partial charge >= 0.3 is 0 Å². The summed E-state index contributed by atoms with van der Waals surface area (Å²) < 4.78 is 1.43. The number of carbonyl (C=O) groups excluding carboxylic acids is 1. The molecule has 4 heterocycles. The minimum atomic E-state index is -0.0978. The van der Waals surface area contributed by atoms with Crippen molar-refractivity contribution in [1.29, 1.82) is 0 Å². The zero-order chi connectivity index (χ0) is 18.3. The normalized spacial score (nSPS) is 15.7. The summed E-state index contributed by atoms with van der Waals surface area (Å²) in [6.07, 6.45) is 3.73. The molecule has 0 radical (unpaired) electrons. The molecule has 0 atom stereocenters. The van der Waals surface area contributed by atoms with Crippen LogP contribution in [-0.2, 0) is 11.2 Å². The molecular formula is C18H22N6O2. The fourth-order valence-electron chi connectivity index (χ4n) is 3.68. The van der Waals surface area contributed by atoms with Crippen molar-refractivity contribution in [3.05, 3.63) is 51.3 Å². The molecule has 136 valence electrons. The number of hydrogen-bond donors (Lipinski definition) is 2. The molecule has 0 bridgehead atoms. The highest BCUT2D eigenvalue weighted by Crippen LogP contribution is 2.27. The summed E-state index contributed by atoms with van der Waals surface area (Å²) >= 11 is 0. The molecule has 3 aromatic rings. The molecule has 2 N–H and O–H groups in total. The molecule has 0 aromatic carbocycles. The SMILES string of the molecule is Cc1n[nH]c(C)c1CC(=O)N1CCC(c2cc(=O)n3[nH]ccc3n2)CC1. The molecule has 26 heavy (non-hydrogen) atoms. The van der Waals surface area contributed by atoms with Crippen molar-refractivity contribution in [2.24, 2.45) is 0 Å². The Hall–Kier alpha value is -2.90. The smallest absolute Gasteiger partial charge is 0.272 e. The second kappa shape index (κ2) is 6.44. The van der Waals surface area contributed by atoms with Crippen LogP contribution in [0.25, 0.3) is 5.65 Å². The third-order valence-corrected chi connectivity index (χ3v) is 5.28. The third-order valence-electron chi connectivity index (χ3n) is 5.28. The molecule has 0 unspecified atom stereocenters. The van der Waals surface area contributed by atoms with Gasteiger partial charge in [0.15, 0.2) is 5.65 Å². The Kier molecular flexibility index (Phi) is 4.10. The predicted octanol–water partition coefficient (Wildman–Crippen LogP) is 1.31. The van der Waals surface area contributed by atoms with Crippen molar-refractivity contribution in [3.63, 3.8) is 0 Å². The van der Waals surface area contributed by atoms with Gasteiger partial charge < -0.3 is 4.90 Å². The predicted molar refractivity (Wildman–Crippen MR) is 96.1 cm³/mol. The minimum Gasteiger partial charge on any atom is -0.342 e. The van der Waals surface area contributed by atoms with E-state index in [1.165, 1.54) is 4.52 Å². The van der Waals surface area contributed by atoms with Crippen molar-refractivity contribution < 1.29 is 4.79 Å². The van der Waals surface area contributed by atoms with Gasteiger partial charge in [-0.15, -0.1) is 0 Å². The highest BCUT2D eigenvalue weighted by atomic mass is 16.2. The molecule has 1 fully saturated rings. The Bertz CT molecular complexity index is 987. The first-order valence-electron chi connectivity index (χ1n) is 8.88. The number of carbonyl (C=O) groups is 1. The van der Waals surface area contributed by atoms with Gasteiger partial charge in [-0.25, -0.2) is 9.50 Å². The van der Waals surface area contributed by atoms with Gasteiger partial charge in [0.2, 0.25) is 5.91 Å². The van der Waals surface area contributed by atoms with Crippen LogP contribution in [0.1, 0.15) is 41.4 Å². The van der Waals surface area contributed by atoms with Crippen LogP contribution in [0.3, 0.4) is 0 Å². The number of hydrogen-bond acceptors (Lipinski definition) is 4. The first kappa shape index (κ1) is 16.6. The van der Waals surface area contributed by atoms with E-state index in [2.05, 4.69) is 20.3 Å². The summed E-state index contributed by atoms with van der Waals surface area (Å²) in [5.74, 6) is 0.342. The summed E-state index contributed by atoms with van der Waals surface area (Å²) in [7, 11) is 0. The van der Waals surface area contributed by atoms with Crippen LogP contribution >= 0.6 is 0 Å². The fraction of sp³-hybridized carbons (Fsp3) is 0.444. The summed E-state index contributed by atoms with van der Waals surface area (Å²) in [5, 5.41) is 9.94. The van der Waals surface area contributed by atoms with E-state index in [9.17, 15) is 9.59 Å². The zero-order valence-electron chi connectivity index (χ0n) is 15.0. The van der Waals surface area contributed by atoms with E-state index in [-0.39, 0.29) is 17.4 Å². The second-order valence-electron chi connectivity index (χ2n) is 6.92. The van der Waals surface area contributed by atoms with E-state index in [0.717, 1.165) is 35.5 Å². The number of rotatable bonds is 3. The van der Waals surface area contributed by atoms with Crippen molar-refractivity contribution >= 4 is 11.6 Å². The van der Waals surface area contributed by atoms with Crippen molar-refractivity contribution in [3.8, 4) is 0 Å². The summed E-state index contributed by atoms with van der Waals surface area (Å²) in [6, 6.07) is 3.39. The summed E-state index contributed by atoms with van der Waals surface area (Å²) in [5.41, 5.74) is 4.19. The number of fused-ring (bicyclic) bond motifs is 1. The first-order valence-corrected chi connectivity index (χ1v) is 8.88. The topological polar surface area (TPSA) is 99.1 Å². The molecule has 1 saturated heterocycles. The average molecular weight is 354 g/mol. The molecule has 0 saturated carbocycles. The number of aromatic amines is 2. The van der Waals surface area contributed by atoms with Gasteiger partial charge in [0.25, 0.3) is 5.56 Å². The maximum absolute atomic E-state index is 12.6. The molecule has 8 nitrogen and oxygen atoms in total. The van der Waals surface area contributed by atoms with E-state index in [0.29, 0.717) is 25.2 Å². The van der Waals surface area contributed by atoms with E-state index in [4.69, 9.17) is 0 Å². The quantitative estimate of drug-likeness (QED) is 0.741. The van der Waals surface area contributed by atoms with E-state index in [1.54, 1.807) is 18.3 Å². The number of aromatic nitrogens is 5. The molecular weight excluding hydrogens is 332 g/mol. The lowest BCUT2D eigenvalue weighted by atomic mass is 9.93. The van der Waals surface area contributed by atoms with E-state index >= 15 is 0 Å². The van der Waals surface area contributed by atoms with Crippen LogP contribution in [0.2, 0.25) is 0 Å². The standard InChI is InChI=1S/C18H22N6O2/c1-11-14(12(2)22-21-11)9-17(25)23-7-4-13(5-8-23)15-10-18(26)24-16(20-15)3-6-19-24/h3,6,10,13,19H,4-5,7-9H2,1-2H3,(H,21,22). The summed E-state index contributed by atoms with van der Waals surface area (Å²) in [4.78, 5) is 31.3. The Balaban J connectivity index is 1.43. The summed E-state index contributed by atoms with van der Waals surface area (Å²) in [6.45, 7) is 5.23. The van der Waals surface area contributed by atoms with Crippen LogP contribution in [0.15, 0.2) is 23.1 Å². The van der Waals surface area contributed by atoms with Crippen LogP contribution in [0.4, 0.5) is 0 Å². The number of H-pyrrole nitrogens is 2. The number of likely N-dealkylation sites (tertiary alicyclic amines) is 1. The van der Waals surface area contributed by atoms with Crippen LogP contribution in [-0.4, -0.2) is 48.7 Å². The van der Waals surface area contributed by atoms with Gasteiger partial charge in [-0.3, -0.25) is 19.8 Å². The zero-order valence-corrected chi connectivity index (χ0v) is 15.0. The largest absolute Gasteiger partial charge is 0.342 e. The number of amides is 1. The van der Waals surface area contributed by atoms with Gasteiger partial charge in [0, 0.05) is 48.6 Å². The minimum absolute atomic E-state index is 0.0978. The average Bonchev–Trinajstić information content (AvgIpc) is 3.24. The Labute approximate surface area is 150 Å². The molecule has 8 heteroatoms. The second-order valence-corrected chi connectivity index (χ2v) is 6.92. The number of nitrogens with zero attached hydrogens (tertiary/aromatic N) is 4. The van der Waals surface area contributed by atoms with Crippen LogP contribution < -0.4 is 5.56 Å². The van der Waals surface area contributed by atoms with Gasteiger partial charge in [-0.2, -0.15) is 5.10 Å². The van der Waals surface area contributed by atoms with Gasteiger partial charge in [-0.1, -0.05) is 0 Å². The maximum atomic E-state index is 12.6. The van der Waals surface area contributed by atoms with Gasteiger partial charge in [0.1, 0.15) is 0 Å². The first-order chi connectivity index (χ1) is 12.5. The molecule has 0 spiro atoms.